The van der Waals surface area contributed by atoms with E-state index in [0.717, 1.165) is 0 Å². The second-order valence-corrected chi connectivity index (χ2v) is 4.57. The predicted octanol–water partition coefficient (Wildman–Crippen LogP) is 1.08. The van der Waals surface area contributed by atoms with Crippen LogP contribution in [0.4, 0.5) is 11.4 Å². The van der Waals surface area contributed by atoms with E-state index < -0.39 is 24.3 Å². The quantitative estimate of drug-likeness (QED) is 0.625. The number of anilines is 2. The van der Waals surface area contributed by atoms with E-state index in [-0.39, 0.29) is 5.91 Å². The van der Waals surface area contributed by atoms with E-state index in [1.54, 1.807) is 32.0 Å². The smallest absolute Gasteiger partial charge is 0.305 e. The van der Waals surface area contributed by atoms with E-state index in [1.807, 2.05) is 0 Å². The first-order chi connectivity index (χ1) is 9.85. The Morgan fingerprint density at radius 3 is 2.33 bits per heavy atom. The highest BCUT2D eigenvalue weighted by molar-refractivity contribution is 5.99. The van der Waals surface area contributed by atoms with E-state index in [0.29, 0.717) is 23.4 Å². The topological polar surface area (TPSA) is 122 Å². The van der Waals surface area contributed by atoms with Crippen LogP contribution in [0.1, 0.15) is 25.3 Å². The summed E-state index contributed by atoms with van der Waals surface area (Å²) in [5.41, 5.74) is 7.24. The molecule has 21 heavy (non-hydrogen) atoms. The van der Waals surface area contributed by atoms with E-state index in [4.69, 9.17) is 10.8 Å². The minimum absolute atomic E-state index is 0.135. The number of carboxylic acids is 1. The molecule has 1 unspecified atom stereocenters. The van der Waals surface area contributed by atoms with Crippen LogP contribution in [0.5, 0.6) is 0 Å². The van der Waals surface area contributed by atoms with Crippen LogP contribution in [-0.2, 0) is 14.4 Å². The highest BCUT2D eigenvalue weighted by atomic mass is 16.4. The fourth-order valence-electron chi connectivity index (χ4n) is 1.65. The van der Waals surface area contributed by atoms with Gasteiger partial charge in [0.2, 0.25) is 11.8 Å². The van der Waals surface area contributed by atoms with Crippen molar-refractivity contribution >= 4 is 29.2 Å². The van der Waals surface area contributed by atoms with Crippen molar-refractivity contribution in [3.63, 3.8) is 0 Å². The summed E-state index contributed by atoms with van der Waals surface area (Å²) in [4.78, 5) is 33.8. The molecule has 0 heterocycles. The Balaban J connectivity index is 2.84. The maximum absolute atomic E-state index is 11.8. The molecule has 7 heteroatoms. The van der Waals surface area contributed by atoms with E-state index in [1.165, 1.54) is 0 Å². The lowest BCUT2D eigenvalue weighted by atomic mass is 10.1. The molecule has 0 saturated carbocycles. The summed E-state index contributed by atoms with van der Waals surface area (Å²) < 4.78 is 0. The average molecular weight is 293 g/mol. The second-order valence-electron chi connectivity index (χ2n) is 4.57. The molecule has 0 aromatic heterocycles. The summed E-state index contributed by atoms with van der Waals surface area (Å²) in [7, 11) is 0. The maximum atomic E-state index is 11.8. The van der Waals surface area contributed by atoms with Gasteiger partial charge in [0.05, 0.1) is 12.5 Å². The van der Waals surface area contributed by atoms with Crippen LogP contribution >= 0.6 is 0 Å². The number of carbonyl (C=O) groups is 3. The molecule has 1 rings (SSSR count). The van der Waals surface area contributed by atoms with Crippen LogP contribution in [0.2, 0.25) is 0 Å². The molecular weight excluding hydrogens is 274 g/mol. The third-order valence-corrected chi connectivity index (χ3v) is 2.92. The lowest BCUT2D eigenvalue weighted by Gasteiger charge is -2.15. The zero-order chi connectivity index (χ0) is 16.0. The Kier molecular flexibility index (Phi) is 5.86. The summed E-state index contributed by atoms with van der Waals surface area (Å²) in [5.74, 6) is -1.86. The molecule has 7 nitrogen and oxygen atoms in total. The monoisotopic (exact) mass is 293 g/mol. The van der Waals surface area contributed by atoms with Crippen molar-refractivity contribution in [3.05, 3.63) is 23.8 Å². The molecule has 114 valence electrons. The summed E-state index contributed by atoms with van der Waals surface area (Å²) in [6, 6.07) is 3.92. The van der Waals surface area contributed by atoms with Gasteiger partial charge in [0, 0.05) is 17.8 Å². The summed E-state index contributed by atoms with van der Waals surface area (Å²) in [6.07, 6.45) is -0.101. The molecule has 0 saturated heterocycles. The normalized spacial score (nSPS) is 11.6. The van der Waals surface area contributed by atoms with Crippen molar-refractivity contribution < 1.29 is 19.5 Å². The average Bonchev–Trinajstić information content (AvgIpc) is 2.42. The Hall–Kier alpha value is -2.41. The van der Waals surface area contributed by atoms with Gasteiger partial charge in [-0.3, -0.25) is 14.4 Å². The molecular formula is C14H19N3O4. The predicted molar refractivity (Wildman–Crippen MR) is 79.0 cm³/mol. The van der Waals surface area contributed by atoms with Gasteiger partial charge in [-0.1, -0.05) is 13.0 Å². The van der Waals surface area contributed by atoms with Gasteiger partial charge in [0.1, 0.15) is 0 Å². The first-order valence-electron chi connectivity index (χ1n) is 6.52. The molecule has 0 aliphatic heterocycles. The third-order valence-electron chi connectivity index (χ3n) is 2.92. The highest BCUT2D eigenvalue weighted by Gasteiger charge is 2.18. The molecule has 0 aliphatic carbocycles. The Morgan fingerprint density at radius 1 is 1.24 bits per heavy atom. The number of amides is 2. The van der Waals surface area contributed by atoms with Gasteiger partial charge in [0.25, 0.3) is 0 Å². The van der Waals surface area contributed by atoms with Gasteiger partial charge < -0.3 is 21.5 Å². The number of nitrogens with one attached hydrogen (secondary N) is 2. The number of nitrogens with two attached hydrogens (primary N) is 1. The first kappa shape index (κ1) is 16.6. The van der Waals surface area contributed by atoms with Crippen LogP contribution in [0.15, 0.2) is 18.2 Å². The number of carbonyl (C=O) groups excluding carboxylic acids is 2. The van der Waals surface area contributed by atoms with Crippen molar-refractivity contribution in [2.75, 3.05) is 10.6 Å². The molecule has 1 aromatic rings. The van der Waals surface area contributed by atoms with Gasteiger partial charge in [-0.05, 0) is 24.6 Å². The molecule has 0 fully saturated rings. The Labute approximate surface area is 122 Å². The number of aliphatic carboxylic acids is 1. The lowest BCUT2D eigenvalue weighted by molar-refractivity contribution is -0.138. The van der Waals surface area contributed by atoms with Crippen molar-refractivity contribution in [2.24, 2.45) is 5.73 Å². The Bertz CT molecular complexity index is 557. The third kappa shape index (κ3) is 4.88. The number of hydrogen-bond acceptors (Lipinski definition) is 4. The summed E-state index contributed by atoms with van der Waals surface area (Å²) in [6.45, 7) is 3.48. The van der Waals surface area contributed by atoms with Crippen molar-refractivity contribution in [1.82, 2.24) is 0 Å². The molecule has 1 atom stereocenters. The fraction of sp³-hybridized carbons (Fsp3) is 0.357. The van der Waals surface area contributed by atoms with Crippen LogP contribution < -0.4 is 16.4 Å². The number of hydrogen-bond donors (Lipinski definition) is 4. The number of carboxylic acid groups (broad SMARTS) is 1. The summed E-state index contributed by atoms with van der Waals surface area (Å²) >= 11 is 0. The van der Waals surface area contributed by atoms with E-state index in [2.05, 4.69) is 10.6 Å². The maximum Gasteiger partial charge on any atom is 0.305 e. The fourth-order valence-corrected chi connectivity index (χ4v) is 1.65. The minimum atomic E-state index is -1.14. The van der Waals surface area contributed by atoms with Crippen molar-refractivity contribution in [2.45, 2.75) is 32.7 Å². The van der Waals surface area contributed by atoms with Crippen LogP contribution in [0.25, 0.3) is 0 Å². The van der Waals surface area contributed by atoms with Crippen LogP contribution in [0.3, 0.4) is 0 Å². The van der Waals surface area contributed by atoms with Crippen molar-refractivity contribution in [1.29, 1.82) is 0 Å². The molecule has 0 radical (unpaired) electrons. The van der Waals surface area contributed by atoms with Gasteiger partial charge in [-0.15, -0.1) is 0 Å². The molecule has 1 aromatic carbocycles. The van der Waals surface area contributed by atoms with E-state index in [9.17, 15) is 14.4 Å². The van der Waals surface area contributed by atoms with Gasteiger partial charge in [-0.2, -0.15) is 0 Å². The minimum Gasteiger partial charge on any atom is -0.481 e. The molecule has 2 amide bonds. The molecule has 0 spiro atoms. The summed E-state index contributed by atoms with van der Waals surface area (Å²) in [5, 5.41) is 13.9. The van der Waals surface area contributed by atoms with Crippen LogP contribution in [0, 0.1) is 6.92 Å². The lowest BCUT2D eigenvalue weighted by Crippen LogP contribution is -2.37. The molecule has 0 aliphatic rings. The van der Waals surface area contributed by atoms with Gasteiger partial charge >= 0.3 is 5.97 Å². The number of rotatable bonds is 6. The molecule has 0 bridgehead atoms. The zero-order valence-electron chi connectivity index (χ0n) is 12.0. The van der Waals surface area contributed by atoms with Crippen molar-refractivity contribution in [3.8, 4) is 0 Å². The standard InChI is InChI=1S/C14H19N3O4/c1-3-12(18)16-10-5-4-6-11(8(10)2)17-14(21)9(15)7-13(19)20/h4-6,9H,3,7,15H2,1-2H3,(H,16,18)(H,17,21)(H,19,20). The number of benzene rings is 1. The highest BCUT2D eigenvalue weighted by Crippen LogP contribution is 2.23. The largest absolute Gasteiger partial charge is 0.481 e. The SMILES string of the molecule is CCC(=O)Nc1cccc(NC(=O)C(N)CC(=O)O)c1C. The second kappa shape index (κ2) is 7.39. The van der Waals surface area contributed by atoms with Gasteiger partial charge in [0.15, 0.2) is 0 Å². The molecule has 5 N–H and O–H groups in total. The zero-order valence-corrected chi connectivity index (χ0v) is 12.0. The van der Waals surface area contributed by atoms with Gasteiger partial charge in [-0.25, -0.2) is 0 Å². The first-order valence-corrected chi connectivity index (χ1v) is 6.52. The van der Waals surface area contributed by atoms with Crippen LogP contribution in [-0.4, -0.2) is 28.9 Å². The van der Waals surface area contributed by atoms with E-state index >= 15 is 0 Å². The Morgan fingerprint density at radius 2 is 1.81 bits per heavy atom.